The van der Waals surface area contributed by atoms with Gasteiger partial charge < -0.3 is 9.72 Å². The first-order chi connectivity index (χ1) is 11.3. The van der Waals surface area contributed by atoms with E-state index in [9.17, 15) is 4.79 Å². The maximum absolute atomic E-state index is 12.6. The van der Waals surface area contributed by atoms with E-state index in [1.54, 1.807) is 0 Å². The minimum Gasteiger partial charge on any atom is -0.444 e. The van der Waals surface area contributed by atoms with E-state index >= 15 is 0 Å². The van der Waals surface area contributed by atoms with Crippen LogP contribution in [-0.2, 0) is 4.74 Å². The maximum atomic E-state index is 12.6. The van der Waals surface area contributed by atoms with Crippen molar-refractivity contribution in [1.82, 2.24) is 14.9 Å². The number of halogens is 1. The van der Waals surface area contributed by atoms with Crippen molar-refractivity contribution in [3.63, 3.8) is 0 Å². The van der Waals surface area contributed by atoms with Gasteiger partial charge >= 0.3 is 6.09 Å². The monoisotopic (exact) mass is 393 g/mol. The normalized spacial score (nSPS) is 21.5. The Morgan fingerprint density at radius 3 is 2.88 bits per heavy atom. The first-order valence-corrected chi connectivity index (χ1v) is 9.22. The maximum Gasteiger partial charge on any atom is 0.410 e. The number of hydrogen-bond acceptors (Lipinski definition) is 3. The predicted molar refractivity (Wildman–Crippen MR) is 97.9 cm³/mol. The third-order valence-corrected chi connectivity index (χ3v) is 4.91. The van der Waals surface area contributed by atoms with Gasteiger partial charge in [0.1, 0.15) is 11.4 Å². The van der Waals surface area contributed by atoms with E-state index in [0.29, 0.717) is 12.5 Å². The zero-order chi connectivity index (χ0) is 17.5. The summed E-state index contributed by atoms with van der Waals surface area (Å²) in [6, 6.07) is 5.91. The van der Waals surface area contributed by atoms with Crippen LogP contribution in [-0.4, -0.2) is 33.1 Å². The second-order valence-electron chi connectivity index (χ2n) is 7.36. The van der Waals surface area contributed by atoms with Crippen LogP contribution in [0.3, 0.4) is 0 Å². The van der Waals surface area contributed by atoms with Crippen molar-refractivity contribution >= 4 is 33.1 Å². The highest BCUT2D eigenvalue weighted by Crippen LogP contribution is 2.39. The number of amides is 1. The van der Waals surface area contributed by atoms with Gasteiger partial charge in [-0.05, 0) is 51.3 Å². The standard InChI is InChI=1S/C18H24BrN3O2/c1-5-11-8-9-22(17(23)24-18(2,3)4)15(11)16-20-13-7-6-12(19)10-14(13)21-16/h6-7,10-11,15H,5,8-9H2,1-4H3,(H,20,21)/t11-,15-/m0/s1. The van der Waals surface area contributed by atoms with Crippen LogP contribution in [0.5, 0.6) is 0 Å². The number of ether oxygens (including phenoxy) is 1. The van der Waals surface area contributed by atoms with Gasteiger partial charge in [0.15, 0.2) is 0 Å². The molecule has 6 heteroatoms. The summed E-state index contributed by atoms with van der Waals surface area (Å²) in [6.07, 6.45) is 1.72. The lowest BCUT2D eigenvalue weighted by Gasteiger charge is -2.29. The van der Waals surface area contributed by atoms with Crippen molar-refractivity contribution in [2.75, 3.05) is 6.54 Å². The van der Waals surface area contributed by atoms with Gasteiger partial charge in [0.2, 0.25) is 0 Å². The van der Waals surface area contributed by atoms with E-state index < -0.39 is 5.60 Å². The number of likely N-dealkylation sites (tertiary alicyclic amines) is 1. The molecule has 0 saturated carbocycles. The highest BCUT2D eigenvalue weighted by molar-refractivity contribution is 9.10. The number of imidazole rings is 1. The zero-order valence-electron chi connectivity index (χ0n) is 14.6. The Kier molecular flexibility index (Phi) is 4.60. The molecular formula is C18H24BrN3O2. The molecule has 1 saturated heterocycles. The number of nitrogens with one attached hydrogen (secondary N) is 1. The Bertz CT molecular complexity index is 750. The minimum absolute atomic E-state index is 0.0592. The molecule has 130 valence electrons. The molecule has 0 radical (unpaired) electrons. The van der Waals surface area contributed by atoms with Gasteiger partial charge in [0, 0.05) is 11.0 Å². The number of rotatable bonds is 2. The third kappa shape index (κ3) is 3.43. The zero-order valence-corrected chi connectivity index (χ0v) is 16.2. The van der Waals surface area contributed by atoms with Crippen LogP contribution in [0.4, 0.5) is 4.79 Å². The first kappa shape index (κ1) is 17.3. The molecule has 1 aromatic heterocycles. The number of carbonyl (C=O) groups excluding carboxylic acids is 1. The van der Waals surface area contributed by atoms with E-state index in [2.05, 4.69) is 27.8 Å². The van der Waals surface area contributed by atoms with Gasteiger partial charge in [0.25, 0.3) is 0 Å². The van der Waals surface area contributed by atoms with Crippen LogP contribution in [0.25, 0.3) is 11.0 Å². The fraction of sp³-hybridized carbons (Fsp3) is 0.556. The molecule has 0 spiro atoms. The molecule has 1 amide bonds. The van der Waals surface area contributed by atoms with Gasteiger partial charge in [-0.15, -0.1) is 0 Å². The Morgan fingerprint density at radius 2 is 2.21 bits per heavy atom. The van der Waals surface area contributed by atoms with Crippen LogP contribution in [0.1, 0.15) is 52.4 Å². The fourth-order valence-corrected chi connectivity index (χ4v) is 3.68. The molecule has 2 aromatic rings. The molecule has 1 fully saturated rings. The summed E-state index contributed by atoms with van der Waals surface area (Å²) in [7, 11) is 0. The van der Waals surface area contributed by atoms with E-state index in [1.807, 2.05) is 43.9 Å². The molecular weight excluding hydrogens is 370 g/mol. The van der Waals surface area contributed by atoms with Crippen LogP contribution < -0.4 is 0 Å². The molecule has 3 rings (SSSR count). The highest BCUT2D eigenvalue weighted by Gasteiger charge is 2.40. The fourth-order valence-electron chi connectivity index (χ4n) is 3.32. The van der Waals surface area contributed by atoms with Crippen LogP contribution in [0, 0.1) is 5.92 Å². The van der Waals surface area contributed by atoms with Crippen molar-refractivity contribution in [2.45, 2.75) is 52.2 Å². The van der Waals surface area contributed by atoms with Crippen molar-refractivity contribution in [3.8, 4) is 0 Å². The van der Waals surface area contributed by atoms with Crippen molar-refractivity contribution < 1.29 is 9.53 Å². The van der Waals surface area contributed by atoms with Crippen LogP contribution in [0.2, 0.25) is 0 Å². The molecule has 1 aromatic carbocycles. The average Bonchev–Trinajstić information content (AvgIpc) is 3.07. The number of benzene rings is 1. The summed E-state index contributed by atoms with van der Waals surface area (Å²) in [5.41, 5.74) is 1.40. The number of hydrogen-bond donors (Lipinski definition) is 1. The van der Waals surface area contributed by atoms with Crippen molar-refractivity contribution in [3.05, 3.63) is 28.5 Å². The van der Waals surface area contributed by atoms with E-state index in [0.717, 1.165) is 34.2 Å². The predicted octanol–water partition coefficient (Wildman–Crippen LogP) is 5.03. The lowest BCUT2D eigenvalue weighted by molar-refractivity contribution is 0.0197. The molecule has 2 heterocycles. The average molecular weight is 394 g/mol. The number of aromatic amines is 1. The van der Waals surface area contributed by atoms with Crippen LogP contribution >= 0.6 is 15.9 Å². The largest absolute Gasteiger partial charge is 0.444 e. The molecule has 1 N–H and O–H groups in total. The molecule has 5 nitrogen and oxygen atoms in total. The number of fused-ring (bicyclic) bond motifs is 1. The topological polar surface area (TPSA) is 58.2 Å². The number of nitrogens with zero attached hydrogens (tertiary/aromatic N) is 2. The SMILES string of the molecule is CC[C@H]1CCN(C(=O)OC(C)(C)C)[C@@H]1c1nc2ccc(Br)cc2[nH]1. The molecule has 0 unspecified atom stereocenters. The second-order valence-corrected chi connectivity index (χ2v) is 8.27. The molecule has 0 aliphatic carbocycles. The molecule has 2 atom stereocenters. The summed E-state index contributed by atoms with van der Waals surface area (Å²) in [4.78, 5) is 22.6. The van der Waals surface area contributed by atoms with E-state index in [1.165, 1.54) is 0 Å². The Labute approximate surface area is 150 Å². The summed E-state index contributed by atoms with van der Waals surface area (Å²) in [6.45, 7) is 8.55. The van der Waals surface area contributed by atoms with Gasteiger partial charge in [-0.25, -0.2) is 9.78 Å². The molecule has 1 aliphatic heterocycles. The Morgan fingerprint density at radius 1 is 1.46 bits per heavy atom. The van der Waals surface area contributed by atoms with Gasteiger partial charge in [-0.2, -0.15) is 0 Å². The third-order valence-electron chi connectivity index (χ3n) is 4.42. The van der Waals surface area contributed by atoms with Crippen LogP contribution in [0.15, 0.2) is 22.7 Å². The highest BCUT2D eigenvalue weighted by atomic mass is 79.9. The summed E-state index contributed by atoms with van der Waals surface area (Å²) in [5.74, 6) is 1.24. The van der Waals surface area contributed by atoms with Gasteiger partial charge in [0.05, 0.1) is 17.1 Å². The number of H-pyrrole nitrogens is 1. The van der Waals surface area contributed by atoms with Crippen molar-refractivity contribution in [2.24, 2.45) is 5.92 Å². The molecule has 0 bridgehead atoms. The van der Waals surface area contributed by atoms with E-state index in [-0.39, 0.29) is 12.1 Å². The van der Waals surface area contributed by atoms with E-state index in [4.69, 9.17) is 9.72 Å². The smallest absolute Gasteiger partial charge is 0.410 e. The Balaban J connectivity index is 1.94. The lowest BCUT2D eigenvalue weighted by atomic mass is 9.97. The minimum atomic E-state index is -0.495. The summed E-state index contributed by atoms with van der Waals surface area (Å²) in [5, 5.41) is 0. The lowest BCUT2D eigenvalue weighted by Crippen LogP contribution is -2.37. The summed E-state index contributed by atoms with van der Waals surface area (Å²) < 4.78 is 6.60. The molecule has 24 heavy (non-hydrogen) atoms. The Hall–Kier alpha value is -1.56. The first-order valence-electron chi connectivity index (χ1n) is 8.43. The second kappa shape index (κ2) is 6.39. The quantitative estimate of drug-likeness (QED) is 0.777. The van der Waals surface area contributed by atoms with Gasteiger partial charge in [-0.3, -0.25) is 4.90 Å². The summed E-state index contributed by atoms with van der Waals surface area (Å²) >= 11 is 3.49. The number of aromatic nitrogens is 2. The van der Waals surface area contributed by atoms with Crippen molar-refractivity contribution in [1.29, 1.82) is 0 Å². The number of carbonyl (C=O) groups is 1. The van der Waals surface area contributed by atoms with Gasteiger partial charge in [-0.1, -0.05) is 29.3 Å². The molecule has 1 aliphatic rings.